The molecule has 1 aliphatic heterocycles. The predicted molar refractivity (Wildman–Crippen MR) is 76.0 cm³/mol. The van der Waals surface area contributed by atoms with Crippen LogP contribution in [0.4, 0.5) is 0 Å². The van der Waals surface area contributed by atoms with Crippen LogP contribution in [0.3, 0.4) is 0 Å². The Morgan fingerprint density at radius 1 is 1.32 bits per heavy atom. The second-order valence-corrected chi connectivity index (χ2v) is 5.64. The number of hydrogen-bond donors (Lipinski definition) is 0. The van der Waals surface area contributed by atoms with Gasteiger partial charge in [0, 0.05) is 25.0 Å². The Bertz CT molecular complexity index is 892. The Balaban J connectivity index is 0.00000144. The van der Waals surface area contributed by atoms with Crippen LogP contribution >= 0.6 is 11.3 Å². The summed E-state index contributed by atoms with van der Waals surface area (Å²) >= 11 is 1.34. The summed E-state index contributed by atoms with van der Waals surface area (Å²) in [4.78, 5) is 16.5. The van der Waals surface area contributed by atoms with E-state index < -0.39 is 0 Å². The molecular formula is C14H9N4O2RbS. The van der Waals surface area contributed by atoms with Crippen molar-refractivity contribution in [2.45, 2.75) is 13.0 Å². The Kier molecular flexibility index (Phi) is 4.70. The quantitative estimate of drug-likeness (QED) is 0.489. The first-order chi connectivity index (χ1) is 10.2. The van der Waals surface area contributed by atoms with Crippen LogP contribution < -0.4 is 68.7 Å². The first-order valence-corrected chi connectivity index (χ1v) is 7.27. The summed E-state index contributed by atoms with van der Waals surface area (Å²) in [6.45, 7) is 0.708. The fraction of sp³-hybridized carbons (Fsp3) is 0.143. The van der Waals surface area contributed by atoms with Gasteiger partial charge in [-0.3, -0.25) is 9.78 Å². The number of pyridine rings is 2. The number of aryl methyl sites for hydroxylation is 2. The Labute approximate surface area is 178 Å². The molecule has 0 aliphatic carbocycles. The van der Waals surface area contributed by atoms with Crippen molar-refractivity contribution in [2.24, 2.45) is 0 Å². The van der Waals surface area contributed by atoms with E-state index in [1.807, 2.05) is 4.57 Å². The van der Waals surface area contributed by atoms with Crippen LogP contribution in [0.15, 0.2) is 34.8 Å². The third-order valence-corrected chi connectivity index (χ3v) is 4.25. The van der Waals surface area contributed by atoms with E-state index in [4.69, 9.17) is 0 Å². The van der Waals surface area contributed by atoms with E-state index >= 15 is 0 Å². The summed E-state index contributed by atoms with van der Waals surface area (Å²) < 4.78 is 1.98. The SMILES string of the molecule is O=c1cc2n(cc1-c1nncs1)CCc1cc([O-])cnc1-2.[Rb+]. The maximum absolute atomic E-state index is 12.3. The van der Waals surface area contributed by atoms with Crippen LogP contribution in [-0.4, -0.2) is 19.7 Å². The van der Waals surface area contributed by atoms with E-state index in [2.05, 4.69) is 15.2 Å². The van der Waals surface area contributed by atoms with Crippen molar-refractivity contribution in [2.75, 3.05) is 0 Å². The molecule has 0 saturated carbocycles. The van der Waals surface area contributed by atoms with Gasteiger partial charge in [0.25, 0.3) is 0 Å². The first-order valence-electron chi connectivity index (χ1n) is 6.40. The fourth-order valence-corrected chi connectivity index (χ4v) is 3.13. The van der Waals surface area contributed by atoms with E-state index in [1.54, 1.807) is 23.8 Å². The third-order valence-electron chi connectivity index (χ3n) is 3.52. The summed E-state index contributed by atoms with van der Waals surface area (Å²) in [6, 6.07) is 3.15. The summed E-state index contributed by atoms with van der Waals surface area (Å²) in [6.07, 6.45) is 3.81. The van der Waals surface area contributed by atoms with Gasteiger partial charge in [-0.15, -0.1) is 10.2 Å². The average Bonchev–Trinajstić information content (AvgIpc) is 3.00. The van der Waals surface area contributed by atoms with Gasteiger partial charge in [-0.2, -0.15) is 0 Å². The van der Waals surface area contributed by atoms with E-state index in [0.29, 0.717) is 22.8 Å². The predicted octanol–water partition coefficient (Wildman–Crippen LogP) is -1.94. The van der Waals surface area contributed by atoms with Gasteiger partial charge in [-0.05, 0) is 12.0 Å². The minimum absolute atomic E-state index is 0. The topological polar surface area (TPSA) is 83.7 Å². The molecule has 22 heavy (non-hydrogen) atoms. The van der Waals surface area contributed by atoms with Crippen LogP contribution in [0.5, 0.6) is 5.75 Å². The van der Waals surface area contributed by atoms with Gasteiger partial charge in [0.1, 0.15) is 5.51 Å². The van der Waals surface area contributed by atoms with Crippen LogP contribution in [-0.2, 0) is 13.0 Å². The zero-order valence-electron chi connectivity index (χ0n) is 11.8. The molecule has 0 bridgehead atoms. The molecule has 3 aromatic rings. The van der Waals surface area contributed by atoms with Gasteiger partial charge in [-0.1, -0.05) is 23.2 Å². The maximum Gasteiger partial charge on any atom is 1.00 e. The van der Waals surface area contributed by atoms with Gasteiger partial charge < -0.3 is 9.67 Å². The van der Waals surface area contributed by atoms with Crippen LogP contribution in [0.25, 0.3) is 22.0 Å². The summed E-state index contributed by atoms with van der Waals surface area (Å²) in [5.74, 6) is -0.102. The molecule has 3 aromatic heterocycles. The summed E-state index contributed by atoms with van der Waals surface area (Å²) in [7, 11) is 0. The minimum Gasteiger partial charge on any atom is -0.871 e. The average molecular weight is 383 g/mol. The monoisotopic (exact) mass is 382 g/mol. The van der Waals surface area contributed by atoms with E-state index in [9.17, 15) is 9.90 Å². The molecule has 0 N–H and O–H groups in total. The van der Waals surface area contributed by atoms with E-state index in [0.717, 1.165) is 17.7 Å². The number of rotatable bonds is 1. The van der Waals surface area contributed by atoms with Crippen molar-refractivity contribution in [3.8, 4) is 27.7 Å². The molecule has 0 fully saturated rings. The number of nitrogens with zero attached hydrogens (tertiary/aromatic N) is 4. The van der Waals surface area contributed by atoms with Crippen molar-refractivity contribution in [3.05, 3.63) is 45.8 Å². The Hall–Kier alpha value is -0.735. The molecule has 0 unspecified atom stereocenters. The van der Waals surface area contributed by atoms with Crippen molar-refractivity contribution < 1.29 is 63.3 Å². The molecule has 0 radical (unpaired) electrons. The normalized spacial score (nSPS) is 12.2. The molecule has 6 nitrogen and oxygen atoms in total. The largest absolute Gasteiger partial charge is 1.00 e. The molecule has 8 heteroatoms. The first kappa shape index (κ1) is 16.1. The molecule has 0 spiro atoms. The standard InChI is InChI=1S/C14H10N4O2S.Rb/c19-9-3-8-1-2-18-6-10(14-17-16-7-21-14)12(20)4-11(18)13(8)15-5-9;/h3-7,19H,1-2H2;/q;+1/p-1. The molecule has 4 heterocycles. The summed E-state index contributed by atoms with van der Waals surface area (Å²) in [5, 5.41) is 19.7. The van der Waals surface area contributed by atoms with E-state index in [-0.39, 0.29) is 69.4 Å². The van der Waals surface area contributed by atoms with Crippen molar-refractivity contribution >= 4 is 11.3 Å². The van der Waals surface area contributed by atoms with Gasteiger partial charge in [0.05, 0.1) is 17.0 Å². The minimum atomic E-state index is -0.112. The fourth-order valence-electron chi connectivity index (χ4n) is 2.56. The van der Waals surface area contributed by atoms with Crippen molar-refractivity contribution in [1.82, 2.24) is 19.7 Å². The van der Waals surface area contributed by atoms with Crippen molar-refractivity contribution in [1.29, 1.82) is 0 Å². The van der Waals surface area contributed by atoms with Crippen LogP contribution in [0.1, 0.15) is 5.56 Å². The Morgan fingerprint density at radius 3 is 2.95 bits per heavy atom. The zero-order chi connectivity index (χ0) is 14.4. The molecule has 0 atom stereocenters. The van der Waals surface area contributed by atoms with Gasteiger partial charge in [0.15, 0.2) is 10.4 Å². The third kappa shape index (κ3) is 2.76. The van der Waals surface area contributed by atoms with Crippen LogP contribution in [0.2, 0.25) is 0 Å². The maximum atomic E-state index is 12.3. The number of aromatic nitrogens is 4. The second kappa shape index (κ2) is 6.41. The van der Waals surface area contributed by atoms with Gasteiger partial charge in [-0.25, -0.2) is 0 Å². The molecule has 4 rings (SSSR count). The number of hydrogen-bond acceptors (Lipinski definition) is 6. The molecule has 1 aliphatic rings. The molecule has 104 valence electrons. The van der Waals surface area contributed by atoms with E-state index in [1.165, 1.54) is 17.5 Å². The summed E-state index contributed by atoms with van der Waals surface area (Å²) in [5.41, 5.74) is 4.39. The van der Waals surface area contributed by atoms with Gasteiger partial charge in [0.2, 0.25) is 0 Å². The molecule has 0 aromatic carbocycles. The van der Waals surface area contributed by atoms with Gasteiger partial charge >= 0.3 is 58.2 Å². The second-order valence-electron chi connectivity index (χ2n) is 4.80. The molecular weight excluding hydrogens is 374 g/mol. The van der Waals surface area contributed by atoms with Crippen LogP contribution in [0, 0.1) is 0 Å². The number of fused-ring (bicyclic) bond motifs is 3. The molecule has 0 amide bonds. The molecule has 0 saturated heterocycles. The Morgan fingerprint density at radius 2 is 2.18 bits per heavy atom. The van der Waals surface area contributed by atoms with Crippen molar-refractivity contribution in [3.63, 3.8) is 0 Å². The smallest absolute Gasteiger partial charge is 0.871 e. The zero-order valence-corrected chi connectivity index (χ0v) is 17.5.